The van der Waals surface area contributed by atoms with E-state index in [0.717, 1.165) is 12.2 Å². The summed E-state index contributed by atoms with van der Waals surface area (Å²) in [5.41, 5.74) is 1.85. The van der Waals surface area contributed by atoms with Gasteiger partial charge in [0.15, 0.2) is 0 Å². The van der Waals surface area contributed by atoms with Crippen LogP contribution in [-0.4, -0.2) is 15.9 Å². The van der Waals surface area contributed by atoms with E-state index in [-0.39, 0.29) is 5.91 Å². The molecule has 0 radical (unpaired) electrons. The van der Waals surface area contributed by atoms with Crippen molar-refractivity contribution in [1.29, 1.82) is 0 Å². The maximum Gasteiger partial charge on any atom is 0.259 e. The first-order valence-electron chi connectivity index (χ1n) is 5.99. The number of hydrogen-bond donors (Lipinski definition) is 1. The van der Waals surface area contributed by atoms with Crippen molar-refractivity contribution >= 4 is 23.2 Å². The fraction of sp³-hybridized carbons (Fsp3) is 0.214. The summed E-state index contributed by atoms with van der Waals surface area (Å²) in [5, 5.41) is 3.42. The number of aryl methyl sites for hydroxylation is 2. The molecule has 1 heterocycles. The summed E-state index contributed by atoms with van der Waals surface area (Å²) in [6.07, 6.45) is 2.31. The first-order chi connectivity index (χ1) is 9.10. The largest absolute Gasteiger partial charge is 0.322 e. The summed E-state index contributed by atoms with van der Waals surface area (Å²) >= 11 is 5.79. The normalized spacial score (nSPS) is 10.3. The van der Waals surface area contributed by atoms with Crippen LogP contribution in [0.5, 0.6) is 0 Å². The number of carbonyl (C=O) groups is 1. The lowest BCUT2D eigenvalue weighted by molar-refractivity contribution is 0.102. The van der Waals surface area contributed by atoms with Gasteiger partial charge in [0, 0.05) is 23.3 Å². The lowest BCUT2D eigenvalue weighted by Gasteiger charge is -2.07. The van der Waals surface area contributed by atoms with Crippen LogP contribution >= 0.6 is 11.6 Å². The second-order valence-electron chi connectivity index (χ2n) is 4.10. The highest BCUT2D eigenvalue weighted by molar-refractivity contribution is 6.30. The lowest BCUT2D eigenvalue weighted by Crippen LogP contribution is -2.15. The maximum absolute atomic E-state index is 12.1. The van der Waals surface area contributed by atoms with Crippen LogP contribution in [0.1, 0.15) is 28.8 Å². The third-order valence-corrected chi connectivity index (χ3v) is 2.94. The van der Waals surface area contributed by atoms with Gasteiger partial charge in [-0.1, -0.05) is 18.5 Å². The van der Waals surface area contributed by atoms with Gasteiger partial charge in [-0.2, -0.15) is 0 Å². The predicted molar refractivity (Wildman–Crippen MR) is 75.6 cm³/mol. The van der Waals surface area contributed by atoms with E-state index in [4.69, 9.17) is 11.6 Å². The average Bonchev–Trinajstić information content (AvgIpc) is 2.41. The summed E-state index contributed by atoms with van der Waals surface area (Å²) in [5.74, 6) is 0.517. The van der Waals surface area contributed by atoms with E-state index in [0.29, 0.717) is 22.0 Å². The third kappa shape index (κ3) is 3.29. The molecule has 0 aliphatic heterocycles. The van der Waals surface area contributed by atoms with Crippen molar-refractivity contribution in [2.75, 3.05) is 5.32 Å². The fourth-order valence-corrected chi connectivity index (χ4v) is 1.77. The van der Waals surface area contributed by atoms with Crippen LogP contribution in [0.3, 0.4) is 0 Å². The van der Waals surface area contributed by atoms with Gasteiger partial charge in [-0.25, -0.2) is 9.97 Å². The van der Waals surface area contributed by atoms with Crippen LogP contribution < -0.4 is 5.32 Å². The van der Waals surface area contributed by atoms with Gasteiger partial charge < -0.3 is 5.32 Å². The Morgan fingerprint density at radius 2 is 2.00 bits per heavy atom. The molecule has 1 amide bonds. The Hall–Kier alpha value is -1.94. The first kappa shape index (κ1) is 13.5. The summed E-state index contributed by atoms with van der Waals surface area (Å²) < 4.78 is 0. The van der Waals surface area contributed by atoms with Gasteiger partial charge >= 0.3 is 0 Å². The molecule has 98 valence electrons. The zero-order chi connectivity index (χ0) is 13.8. The lowest BCUT2D eigenvalue weighted by atomic mass is 10.2. The Bertz CT molecular complexity index is 596. The smallest absolute Gasteiger partial charge is 0.259 e. The number of nitrogens with one attached hydrogen (secondary N) is 1. The molecule has 2 aromatic rings. The topological polar surface area (TPSA) is 54.9 Å². The molecule has 0 aliphatic rings. The second kappa shape index (κ2) is 5.80. The van der Waals surface area contributed by atoms with Crippen molar-refractivity contribution in [3.8, 4) is 0 Å². The number of halogens is 1. The fourth-order valence-electron chi connectivity index (χ4n) is 1.64. The molecule has 0 bridgehead atoms. The summed E-state index contributed by atoms with van der Waals surface area (Å²) in [6.45, 7) is 3.78. The van der Waals surface area contributed by atoms with E-state index >= 15 is 0 Å². The monoisotopic (exact) mass is 275 g/mol. The molecule has 0 fully saturated rings. The second-order valence-corrected chi connectivity index (χ2v) is 4.54. The van der Waals surface area contributed by atoms with E-state index in [1.54, 1.807) is 37.4 Å². The molecular weight excluding hydrogens is 262 g/mol. The number of carbonyl (C=O) groups excluding carboxylic acids is 1. The van der Waals surface area contributed by atoms with Crippen molar-refractivity contribution in [3.05, 3.63) is 52.6 Å². The number of rotatable bonds is 3. The highest BCUT2D eigenvalue weighted by Crippen LogP contribution is 2.15. The Kier molecular flexibility index (Phi) is 4.12. The molecule has 1 N–H and O–H groups in total. The third-order valence-electron chi connectivity index (χ3n) is 2.69. The van der Waals surface area contributed by atoms with Crippen molar-refractivity contribution in [2.45, 2.75) is 20.3 Å². The number of benzene rings is 1. The standard InChI is InChI=1S/C14H14ClN3O/c1-3-13-16-8-12(9(2)17-13)14(19)18-11-6-4-10(15)5-7-11/h4-8H,3H2,1-2H3,(H,18,19). The van der Waals surface area contributed by atoms with Gasteiger partial charge in [-0.3, -0.25) is 4.79 Å². The Balaban J connectivity index is 2.18. The van der Waals surface area contributed by atoms with Crippen molar-refractivity contribution in [1.82, 2.24) is 9.97 Å². The molecule has 0 saturated heterocycles. The molecule has 1 aromatic heterocycles. The average molecular weight is 276 g/mol. The van der Waals surface area contributed by atoms with E-state index in [1.165, 1.54) is 0 Å². The minimum absolute atomic E-state index is 0.220. The quantitative estimate of drug-likeness (QED) is 0.935. The SMILES string of the molecule is CCc1ncc(C(=O)Nc2ccc(Cl)cc2)c(C)n1. The first-order valence-corrected chi connectivity index (χ1v) is 6.37. The molecule has 4 nitrogen and oxygen atoms in total. The van der Waals surface area contributed by atoms with Crippen LogP contribution in [0.2, 0.25) is 5.02 Å². The highest BCUT2D eigenvalue weighted by Gasteiger charge is 2.11. The predicted octanol–water partition coefficient (Wildman–Crippen LogP) is 3.25. The molecule has 0 spiro atoms. The van der Waals surface area contributed by atoms with Crippen LogP contribution in [0, 0.1) is 6.92 Å². The molecule has 0 aliphatic carbocycles. The summed E-state index contributed by atoms with van der Waals surface area (Å²) in [6, 6.07) is 6.94. The van der Waals surface area contributed by atoms with Gasteiger partial charge in [0.2, 0.25) is 0 Å². The minimum atomic E-state index is -0.220. The van der Waals surface area contributed by atoms with Gasteiger partial charge in [0.25, 0.3) is 5.91 Å². The molecule has 5 heteroatoms. The van der Waals surface area contributed by atoms with Gasteiger partial charge in [-0.05, 0) is 31.2 Å². The zero-order valence-electron chi connectivity index (χ0n) is 10.8. The van der Waals surface area contributed by atoms with Gasteiger partial charge in [-0.15, -0.1) is 0 Å². The summed E-state index contributed by atoms with van der Waals surface area (Å²) in [4.78, 5) is 20.5. The van der Waals surface area contributed by atoms with Crippen LogP contribution in [0.4, 0.5) is 5.69 Å². The number of amides is 1. The highest BCUT2D eigenvalue weighted by atomic mass is 35.5. The van der Waals surface area contributed by atoms with Crippen LogP contribution in [0.15, 0.2) is 30.5 Å². The molecule has 0 atom stereocenters. The zero-order valence-corrected chi connectivity index (χ0v) is 11.5. The molecular formula is C14H14ClN3O. The number of hydrogen-bond acceptors (Lipinski definition) is 3. The van der Waals surface area contributed by atoms with Crippen molar-refractivity contribution in [2.24, 2.45) is 0 Å². The summed E-state index contributed by atoms with van der Waals surface area (Å²) in [7, 11) is 0. The minimum Gasteiger partial charge on any atom is -0.322 e. The van der Waals surface area contributed by atoms with Crippen LogP contribution in [0.25, 0.3) is 0 Å². The molecule has 0 unspecified atom stereocenters. The van der Waals surface area contributed by atoms with E-state index in [1.807, 2.05) is 6.92 Å². The van der Waals surface area contributed by atoms with Crippen molar-refractivity contribution < 1.29 is 4.79 Å². The number of aromatic nitrogens is 2. The maximum atomic E-state index is 12.1. The molecule has 0 saturated carbocycles. The number of anilines is 1. The van der Waals surface area contributed by atoms with Gasteiger partial charge in [0.05, 0.1) is 11.3 Å². The van der Waals surface area contributed by atoms with Crippen molar-refractivity contribution in [3.63, 3.8) is 0 Å². The Morgan fingerprint density at radius 1 is 1.32 bits per heavy atom. The van der Waals surface area contributed by atoms with E-state index in [9.17, 15) is 4.79 Å². The van der Waals surface area contributed by atoms with E-state index in [2.05, 4.69) is 15.3 Å². The molecule has 19 heavy (non-hydrogen) atoms. The Labute approximate surface area is 116 Å². The number of nitrogens with zero attached hydrogens (tertiary/aromatic N) is 2. The molecule has 2 rings (SSSR count). The van der Waals surface area contributed by atoms with Crippen LogP contribution in [-0.2, 0) is 6.42 Å². The Morgan fingerprint density at radius 3 is 2.58 bits per heavy atom. The molecule has 1 aromatic carbocycles. The van der Waals surface area contributed by atoms with Gasteiger partial charge in [0.1, 0.15) is 5.82 Å². The van der Waals surface area contributed by atoms with E-state index < -0.39 is 0 Å².